The molecule has 3 heterocycles. The lowest BCUT2D eigenvalue weighted by atomic mass is 10.1. The van der Waals surface area contributed by atoms with Crippen LogP contribution in [0.5, 0.6) is 5.75 Å². The maximum atomic E-state index is 14.3. The lowest BCUT2D eigenvalue weighted by molar-refractivity contribution is 0.0768. The van der Waals surface area contributed by atoms with Gasteiger partial charge in [0.15, 0.2) is 17.4 Å². The van der Waals surface area contributed by atoms with E-state index in [0.717, 1.165) is 0 Å². The minimum atomic E-state index is -1.04. The molecule has 10 nitrogen and oxygen atoms in total. The molecular formula is C21H18ClFN6O4. The monoisotopic (exact) mass is 472 g/mol. The number of pyridine rings is 1. The molecule has 12 heteroatoms. The van der Waals surface area contributed by atoms with Crippen molar-refractivity contribution in [2.45, 2.75) is 6.04 Å². The molecule has 4 rings (SSSR count). The van der Waals surface area contributed by atoms with Gasteiger partial charge in [-0.2, -0.15) is 0 Å². The zero-order chi connectivity index (χ0) is 23.5. The first-order valence-electron chi connectivity index (χ1n) is 9.72. The Balaban J connectivity index is 1.60. The SMILES string of the molecule is COc1cnc(-c2cc(Cl)ccc2F)nc1Nc1ccncc1C(=O)NC1CN(C(=O)O)C1. The van der Waals surface area contributed by atoms with E-state index in [1.54, 1.807) is 6.07 Å². The van der Waals surface area contributed by atoms with Crippen LogP contribution in [0, 0.1) is 5.82 Å². The minimum Gasteiger partial charge on any atom is -0.491 e. The second-order valence-corrected chi connectivity index (χ2v) is 7.58. The fourth-order valence-electron chi connectivity index (χ4n) is 3.21. The topological polar surface area (TPSA) is 130 Å². The number of nitrogens with one attached hydrogen (secondary N) is 2. The van der Waals surface area contributed by atoms with Crippen molar-refractivity contribution >= 4 is 35.1 Å². The summed E-state index contributed by atoms with van der Waals surface area (Å²) in [7, 11) is 1.43. The molecule has 1 fully saturated rings. The van der Waals surface area contributed by atoms with E-state index in [0.29, 0.717) is 10.7 Å². The molecule has 0 aliphatic carbocycles. The molecular weight excluding hydrogens is 455 g/mol. The summed E-state index contributed by atoms with van der Waals surface area (Å²) >= 11 is 5.99. The van der Waals surface area contributed by atoms with E-state index in [4.69, 9.17) is 21.4 Å². The Morgan fingerprint density at radius 2 is 2.06 bits per heavy atom. The molecule has 33 heavy (non-hydrogen) atoms. The number of likely N-dealkylation sites (tertiary alicyclic amines) is 1. The lowest BCUT2D eigenvalue weighted by Crippen LogP contribution is -2.60. The summed E-state index contributed by atoms with van der Waals surface area (Å²) in [5.74, 6) is -0.449. The first-order valence-corrected chi connectivity index (χ1v) is 10.1. The summed E-state index contributed by atoms with van der Waals surface area (Å²) < 4.78 is 19.6. The van der Waals surface area contributed by atoms with Crippen molar-refractivity contribution in [3.05, 3.63) is 59.3 Å². The number of halogens is 2. The van der Waals surface area contributed by atoms with Crippen LogP contribution < -0.4 is 15.4 Å². The second kappa shape index (κ2) is 9.25. The molecule has 1 saturated heterocycles. The number of methoxy groups -OCH3 is 1. The first-order chi connectivity index (χ1) is 15.9. The predicted octanol–water partition coefficient (Wildman–Crippen LogP) is 3.18. The molecule has 0 radical (unpaired) electrons. The van der Waals surface area contributed by atoms with Crippen LogP contribution >= 0.6 is 11.6 Å². The molecule has 2 aromatic heterocycles. The van der Waals surface area contributed by atoms with Crippen LogP contribution in [0.1, 0.15) is 10.4 Å². The molecule has 3 N–H and O–H groups in total. The van der Waals surface area contributed by atoms with E-state index in [1.807, 2.05) is 0 Å². The second-order valence-electron chi connectivity index (χ2n) is 7.14. The van der Waals surface area contributed by atoms with Crippen molar-refractivity contribution < 1.29 is 23.8 Å². The van der Waals surface area contributed by atoms with Crippen LogP contribution in [-0.2, 0) is 0 Å². The van der Waals surface area contributed by atoms with E-state index < -0.39 is 17.8 Å². The van der Waals surface area contributed by atoms with Gasteiger partial charge in [-0.15, -0.1) is 0 Å². The average molecular weight is 473 g/mol. The fourth-order valence-corrected chi connectivity index (χ4v) is 3.38. The number of amides is 2. The van der Waals surface area contributed by atoms with Gasteiger partial charge in [-0.25, -0.2) is 19.2 Å². The zero-order valence-electron chi connectivity index (χ0n) is 17.2. The molecule has 170 valence electrons. The number of carboxylic acid groups (broad SMARTS) is 1. The van der Waals surface area contributed by atoms with Gasteiger partial charge in [0.2, 0.25) is 0 Å². The smallest absolute Gasteiger partial charge is 0.407 e. The molecule has 0 atom stereocenters. The highest BCUT2D eigenvalue weighted by molar-refractivity contribution is 6.30. The number of benzene rings is 1. The van der Waals surface area contributed by atoms with E-state index in [-0.39, 0.29) is 47.7 Å². The van der Waals surface area contributed by atoms with E-state index >= 15 is 0 Å². The Morgan fingerprint density at radius 3 is 2.79 bits per heavy atom. The van der Waals surface area contributed by atoms with E-state index in [1.165, 1.54) is 48.8 Å². The highest BCUT2D eigenvalue weighted by Crippen LogP contribution is 2.30. The third kappa shape index (κ3) is 4.77. The van der Waals surface area contributed by atoms with Crippen molar-refractivity contribution in [3.63, 3.8) is 0 Å². The Morgan fingerprint density at radius 1 is 1.27 bits per heavy atom. The Labute approximate surface area is 192 Å². The summed E-state index contributed by atoms with van der Waals surface area (Å²) in [5, 5.41) is 15.0. The van der Waals surface area contributed by atoms with Gasteiger partial charge >= 0.3 is 6.09 Å². The maximum absolute atomic E-state index is 14.3. The van der Waals surface area contributed by atoms with E-state index in [9.17, 15) is 14.0 Å². The molecule has 1 aliphatic rings. The summed E-state index contributed by atoms with van der Waals surface area (Å²) in [6.45, 7) is 0.413. The van der Waals surface area contributed by atoms with Crippen LogP contribution in [-0.4, -0.2) is 63.2 Å². The third-order valence-corrected chi connectivity index (χ3v) is 5.19. The molecule has 3 aromatic rings. The summed E-state index contributed by atoms with van der Waals surface area (Å²) in [6.07, 6.45) is 3.20. The van der Waals surface area contributed by atoms with Gasteiger partial charge in [0.05, 0.1) is 36.2 Å². The number of ether oxygens (including phenoxy) is 1. The Bertz CT molecular complexity index is 1220. The van der Waals surface area contributed by atoms with E-state index in [2.05, 4.69) is 25.6 Å². The highest BCUT2D eigenvalue weighted by atomic mass is 35.5. The van der Waals surface area contributed by atoms with Gasteiger partial charge in [0.25, 0.3) is 5.91 Å². The number of anilines is 2. The number of hydrogen-bond donors (Lipinski definition) is 3. The highest BCUT2D eigenvalue weighted by Gasteiger charge is 2.32. The number of hydrogen-bond acceptors (Lipinski definition) is 7. The van der Waals surface area contributed by atoms with Crippen LogP contribution in [0.15, 0.2) is 42.9 Å². The summed E-state index contributed by atoms with van der Waals surface area (Å²) in [4.78, 5) is 37.4. The normalized spacial score (nSPS) is 13.2. The lowest BCUT2D eigenvalue weighted by Gasteiger charge is -2.37. The number of carbonyl (C=O) groups is 2. The van der Waals surface area contributed by atoms with Crippen molar-refractivity contribution in [1.82, 2.24) is 25.2 Å². The fraction of sp³-hybridized carbons (Fsp3) is 0.190. The van der Waals surface area contributed by atoms with Crippen LogP contribution in [0.25, 0.3) is 11.4 Å². The van der Waals surface area contributed by atoms with Crippen LogP contribution in [0.2, 0.25) is 5.02 Å². The largest absolute Gasteiger partial charge is 0.491 e. The number of carbonyl (C=O) groups excluding carboxylic acids is 1. The van der Waals surface area contributed by atoms with Crippen molar-refractivity contribution in [2.24, 2.45) is 0 Å². The molecule has 0 saturated carbocycles. The van der Waals surface area contributed by atoms with Gasteiger partial charge < -0.3 is 25.4 Å². The Kier molecular flexibility index (Phi) is 6.22. The molecule has 0 bridgehead atoms. The Hall–Kier alpha value is -3.99. The molecule has 0 unspecified atom stereocenters. The van der Waals surface area contributed by atoms with Gasteiger partial charge in [0.1, 0.15) is 5.82 Å². The van der Waals surface area contributed by atoms with Crippen LogP contribution in [0.4, 0.5) is 20.7 Å². The predicted molar refractivity (Wildman–Crippen MR) is 117 cm³/mol. The minimum absolute atomic E-state index is 0.0709. The molecule has 0 spiro atoms. The average Bonchev–Trinajstić information content (AvgIpc) is 2.77. The van der Waals surface area contributed by atoms with Crippen LogP contribution in [0.3, 0.4) is 0 Å². The maximum Gasteiger partial charge on any atom is 0.407 e. The standard InChI is InChI=1S/C21H18ClFN6O4/c1-33-17-8-25-18(13-6-11(22)2-3-15(13)23)28-19(17)27-16-4-5-24-7-14(16)20(30)26-12-9-29(10-12)21(31)32/h2-8,12H,9-10H2,1H3,(H,26,30)(H,31,32)(H,24,25,27,28). The quantitative estimate of drug-likeness (QED) is 0.498. The van der Waals surface area contributed by atoms with Gasteiger partial charge in [0, 0.05) is 30.5 Å². The van der Waals surface area contributed by atoms with Gasteiger partial charge in [-0.05, 0) is 24.3 Å². The van der Waals surface area contributed by atoms with Gasteiger partial charge in [-0.3, -0.25) is 9.78 Å². The van der Waals surface area contributed by atoms with Crippen molar-refractivity contribution in [1.29, 1.82) is 0 Å². The van der Waals surface area contributed by atoms with Crippen molar-refractivity contribution in [3.8, 4) is 17.1 Å². The molecule has 1 aromatic carbocycles. The van der Waals surface area contributed by atoms with Crippen molar-refractivity contribution in [2.75, 3.05) is 25.5 Å². The number of aromatic nitrogens is 3. The third-order valence-electron chi connectivity index (χ3n) is 4.95. The summed E-state index contributed by atoms with van der Waals surface area (Å²) in [5.41, 5.74) is 0.683. The van der Waals surface area contributed by atoms with Gasteiger partial charge in [-0.1, -0.05) is 11.6 Å². The molecule has 1 aliphatic heterocycles. The first kappa shape index (κ1) is 22.2. The summed E-state index contributed by atoms with van der Waals surface area (Å²) in [6, 6.07) is 5.32. The number of rotatable bonds is 6. The molecule has 2 amide bonds. The zero-order valence-corrected chi connectivity index (χ0v) is 18.0. The number of nitrogens with zero attached hydrogens (tertiary/aromatic N) is 4.